The van der Waals surface area contributed by atoms with Gasteiger partial charge in [-0.2, -0.15) is 23.5 Å². The van der Waals surface area contributed by atoms with Crippen molar-refractivity contribution in [2.75, 3.05) is 11.9 Å². The predicted octanol–water partition coefficient (Wildman–Crippen LogP) is 6.01. The lowest BCUT2D eigenvalue weighted by molar-refractivity contribution is -0.141. The van der Waals surface area contributed by atoms with Crippen LogP contribution >= 0.6 is 0 Å². The highest BCUT2D eigenvalue weighted by Crippen LogP contribution is 2.33. The summed E-state index contributed by atoms with van der Waals surface area (Å²) in [5.41, 5.74) is 0.243. The number of halogens is 4. The number of nitrogens with zero attached hydrogens (tertiary/aromatic N) is 3. The van der Waals surface area contributed by atoms with Gasteiger partial charge in [-0.25, -0.2) is 13.9 Å². The van der Waals surface area contributed by atoms with E-state index in [1.807, 2.05) is 0 Å². The van der Waals surface area contributed by atoms with Gasteiger partial charge in [0.05, 0.1) is 29.0 Å². The third-order valence-electron chi connectivity index (χ3n) is 7.08. The summed E-state index contributed by atoms with van der Waals surface area (Å²) in [6.07, 6.45) is -3.99. The highest BCUT2D eigenvalue weighted by atomic mass is 19.4. The van der Waals surface area contributed by atoms with Gasteiger partial charge >= 0.3 is 12.3 Å². The lowest BCUT2D eigenvalue weighted by atomic mass is 9.97. The fraction of sp³-hybridized carbons (Fsp3) is 0.226. The fourth-order valence-corrected chi connectivity index (χ4v) is 4.64. The average Bonchev–Trinajstić information content (AvgIpc) is 3.71. The quantitative estimate of drug-likeness (QED) is 0.164. The van der Waals surface area contributed by atoms with Crippen molar-refractivity contribution in [1.29, 1.82) is 5.26 Å². The van der Waals surface area contributed by atoms with Gasteiger partial charge in [-0.15, -0.1) is 0 Å². The molecule has 226 valence electrons. The van der Waals surface area contributed by atoms with Crippen molar-refractivity contribution in [3.8, 4) is 11.8 Å². The van der Waals surface area contributed by atoms with Crippen LogP contribution < -0.4 is 16.0 Å². The van der Waals surface area contributed by atoms with Crippen molar-refractivity contribution < 1.29 is 32.3 Å². The molecule has 2 amide bonds. The lowest BCUT2D eigenvalue weighted by Gasteiger charge is -2.21. The average molecular weight is 607 g/mol. The summed E-state index contributed by atoms with van der Waals surface area (Å²) in [6, 6.07) is 19.1. The fourth-order valence-electron chi connectivity index (χ4n) is 4.64. The second-order valence-electron chi connectivity index (χ2n) is 10.4. The predicted molar refractivity (Wildman–Crippen MR) is 152 cm³/mol. The lowest BCUT2D eigenvalue weighted by Crippen LogP contribution is -2.25. The highest BCUT2D eigenvalue weighted by molar-refractivity contribution is 6.03. The van der Waals surface area contributed by atoms with Crippen LogP contribution in [-0.4, -0.2) is 33.4 Å². The van der Waals surface area contributed by atoms with Gasteiger partial charge in [0.1, 0.15) is 11.5 Å². The van der Waals surface area contributed by atoms with Crippen LogP contribution in [0.25, 0.3) is 5.69 Å². The van der Waals surface area contributed by atoms with Gasteiger partial charge in [0, 0.05) is 12.6 Å². The van der Waals surface area contributed by atoms with Crippen LogP contribution in [0.2, 0.25) is 0 Å². The smallest absolute Gasteiger partial charge is 0.435 e. The number of carbonyl (C=O) groups is 2. The molecule has 1 unspecified atom stereocenters. The van der Waals surface area contributed by atoms with Crippen molar-refractivity contribution >= 4 is 17.7 Å². The molecule has 1 saturated carbocycles. The van der Waals surface area contributed by atoms with E-state index in [-0.39, 0.29) is 17.9 Å². The molecule has 4 N–H and O–H groups in total. The third kappa shape index (κ3) is 7.22. The van der Waals surface area contributed by atoms with E-state index in [1.165, 1.54) is 24.3 Å². The van der Waals surface area contributed by atoms with Crippen LogP contribution in [-0.2, 0) is 12.7 Å². The molecule has 1 aliphatic carbocycles. The number of anilines is 1. The standard InChI is InChI=1S/C31H26F4N6O3/c32-24-11-10-22(28(37-16-19-4-5-19)21-8-6-18(15-36)7-9-21)13-25(24)39-29(42)26-14-27(31(33,34)35)40-41(26)23-3-1-2-20(12-23)17-38-30(43)44/h1-3,6-14,19,28,37-38H,4-5,16-17H2,(H,39,42)(H,43,44). The van der Waals surface area contributed by atoms with E-state index in [2.05, 4.69) is 27.1 Å². The summed E-state index contributed by atoms with van der Waals surface area (Å²) in [7, 11) is 0. The molecule has 4 aromatic rings. The number of nitrogens with one attached hydrogen (secondary N) is 3. The molecule has 1 heterocycles. The summed E-state index contributed by atoms with van der Waals surface area (Å²) in [4.78, 5) is 24.3. The molecular weight excluding hydrogens is 580 g/mol. The number of nitriles is 1. The summed E-state index contributed by atoms with van der Waals surface area (Å²) in [6.45, 7) is 0.565. The molecular formula is C31H26F4N6O3. The molecule has 0 spiro atoms. The number of carbonyl (C=O) groups excluding carboxylic acids is 1. The normalized spacial score (nSPS) is 13.6. The Bertz CT molecular complexity index is 1730. The van der Waals surface area contributed by atoms with Crippen molar-refractivity contribution in [3.63, 3.8) is 0 Å². The Morgan fingerprint density at radius 1 is 1.05 bits per heavy atom. The van der Waals surface area contributed by atoms with E-state index in [1.54, 1.807) is 36.4 Å². The third-order valence-corrected chi connectivity index (χ3v) is 7.08. The zero-order valence-corrected chi connectivity index (χ0v) is 23.0. The van der Waals surface area contributed by atoms with Crippen LogP contribution in [0.1, 0.15) is 57.3 Å². The van der Waals surface area contributed by atoms with E-state index in [0.717, 1.165) is 29.2 Å². The van der Waals surface area contributed by atoms with Gasteiger partial charge in [0.15, 0.2) is 5.69 Å². The summed E-state index contributed by atoms with van der Waals surface area (Å²) in [5.74, 6) is -1.33. The first-order valence-corrected chi connectivity index (χ1v) is 13.6. The monoisotopic (exact) mass is 606 g/mol. The molecule has 0 aliphatic heterocycles. The Morgan fingerprint density at radius 3 is 2.43 bits per heavy atom. The minimum Gasteiger partial charge on any atom is -0.465 e. The first-order valence-electron chi connectivity index (χ1n) is 13.6. The Labute approximate surface area is 249 Å². The van der Waals surface area contributed by atoms with Crippen molar-refractivity contribution in [3.05, 3.63) is 112 Å². The molecule has 9 nitrogen and oxygen atoms in total. The highest BCUT2D eigenvalue weighted by Gasteiger charge is 2.36. The zero-order valence-electron chi connectivity index (χ0n) is 23.0. The number of rotatable bonds is 10. The van der Waals surface area contributed by atoms with Gasteiger partial charge in [0.25, 0.3) is 5.91 Å². The Morgan fingerprint density at radius 2 is 1.77 bits per heavy atom. The maximum atomic E-state index is 15.0. The number of alkyl halides is 3. The SMILES string of the molecule is N#Cc1ccc(C(NCC2CC2)c2ccc(F)c(NC(=O)c3cc(C(F)(F)F)nn3-c3cccc(CNC(=O)O)c3)c2)cc1. The van der Waals surface area contributed by atoms with E-state index < -0.39 is 41.4 Å². The van der Waals surface area contributed by atoms with Crippen molar-refractivity contribution in [2.24, 2.45) is 5.92 Å². The molecule has 0 saturated heterocycles. The van der Waals surface area contributed by atoms with Crippen LogP contribution in [0.3, 0.4) is 0 Å². The zero-order chi connectivity index (χ0) is 31.4. The van der Waals surface area contributed by atoms with Gasteiger partial charge < -0.3 is 21.1 Å². The summed E-state index contributed by atoms with van der Waals surface area (Å²) >= 11 is 0. The molecule has 13 heteroatoms. The largest absolute Gasteiger partial charge is 0.465 e. The maximum Gasteiger partial charge on any atom is 0.435 e. The number of benzene rings is 3. The van der Waals surface area contributed by atoms with Crippen molar-refractivity contribution in [2.45, 2.75) is 31.6 Å². The van der Waals surface area contributed by atoms with Crippen LogP contribution in [0.4, 0.5) is 28.0 Å². The number of carboxylic acid groups (broad SMARTS) is 1. The Kier molecular flexibility index (Phi) is 8.64. The molecule has 44 heavy (non-hydrogen) atoms. The topological polar surface area (TPSA) is 132 Å². The van der Waals surface area contributed by atoms with Crippen LogP contribution in [0, 0.1) is 23.1 Å². The Balaban J connectivity index is 1.47. The maximum absolute atomic E-state index is 15.0. The van der Waals surface area contributed by atoms with Gasteiger partial charge in [-0.05, 0) is 78.4 Å². The van der Waals surface area contributed by atoms with Gasteiger partial charge in [-0.1, -0.05) is 30.3 Å². The van der Waals surface area contributed by atoms with Crippen LogP contribution in [0.5, 0.6) is 0 Å². The molecule has 1 fully saturated rings. The number of hydrogen-bond acceptors (Lipinski definition) is 5. The van der Waals surface area contributed by atoms with Crippen LogP contribution in [0.15, 0.2) is 72.8 Å². The molecule has 1 atom stereocenters. The van der Waals surface area contributed by atoms with Gasteiger partial charge in [-0.3, -0.25) is 4.79 Å². The molecule has 1 aromatic heterocycles. The Hall–Kier alpha value is -5.22. The van der Waals surface area contributed by atoms with E-state index in [0.29, 0.717) is 35.2 Å². The second kappa shape index (κ2) is 12.6. The number of hydrogen-bond donors (Lipinski definition) is 4. The summed E-state index contributed by atoms with van der Waals surface area (Å²) < 4.78 is 56.8. The minimum absolute atomic E-state index is 0.0646. The van der Waals surface area contributed by atoms with E-state index in [4.69, 9.17) is 10.4 Å². The first kappa shape index (κ1) is 30.2. The molecule has 5 rings (SSSR count). The van der Waals surface area contributed by atoms with Gasteiger partial charge in [0.2, 0.25) is 0 Å². The minimum atomic E-state index is -4.88. The molecule has 0 bridgehead atoms. The molecule has 3 aromatic carbocycles. The van der Waals surface area contributed by atoms with Crippen molar-refractivity contribution in [1.82, 2.24) is 20.4 Å². The van der Waals surface area contributed by atoms with E-state index in [9.17, 15) is 22.8 Å². The molecule has 0 radical (unpaired) electrons. The second-order valence-corrected chi connectivity index (χ2v) is 10.4. The summed E-state index contributed by atoms with van der Waals surface area (Å²) in [5, 5.41) is 29.6. The first-order chi connectivity index (χ1) is 21.0. The molecule has 1 aliphatic rings. The van der Waals surface area contributed by atoms with E-state index >= 15 is 4.39 Å². The number of amides is 2. The number of aromatic nitrogens is 2.